The lowest BCUT2D eigenvalue weighted by atomic mass is 10.1. The molecule has 4 aromatic rings. The van der Waals surface area contributed by atoms with Crippen LogP contribution in [0.1, 0.15) is 12.6 Å². The molecule has 0 aliphatic carbocycles. The summed E-state index contributed by atoms with van der Waals surface area (Å²) in [4.78, 5) is 33.6. The van der Waals surface area contributed by atoms with E-state index < -0.39 is 5.82 Å². The molecule has 0 bridgehead atoms. The number of aryl methyl sites for hydroxylation is 2. The van der Waals surface area contributed by atoms with Crippen LogP contribution in [0.15, 0.2) is 61.7 Å². The minimum absolute atomic E-state index is 0.00635. The number of carbonyl (C=O) groups is 1. The third-order valence-corrected chi connectivity index (χ3v) is 6.33. The van der Waals surface area contributed by atoms with Crippen LogP contribution in [-0.2, 0) is 11.8 Å². The quantitative estimate of drug-likeness (QED) is 0.356. The van der Waals surface area contributed by atoms with Crippen molar-refractivity contribution in [2.24, 2.45) is 7.05 Å². The number of hydrogen-bond acceptors (Lipinski definition) is 9. The third-order valence-electron chi connectivity index (χ3n) is 6.33. The molecule has 5 rings (SSSR count). The summed E-state index contributed by atoms with van der Waals surface area (Å²) in [7, 11) is 1.82. The van der Waals surface area contributed by atoms with E-state index in [1.165, 1.54) is 18.2 Å². The Morgan fingerprint density at radius 2 is 2.05 bits per heavy atom. The number of carbonyl (C=O) groups excluding carboxylic acids is 1. The monoisotopic (exact) mass is 529 g/mol. The molecule has 3 aromatic heterocycles. The van der Waals surface area contributed by atoms with Gasteiger partial charge in [-0.3, -0.25) is 9.48 Å². The van der Waals surface area contributed by atoms with E-state index >= 15 is 4.39 Å². The number of hydrogen-bond donors (Lipinski definition) is 1. The fraction of sp³-hybridized carbons (Fsp3) is 0.259. The molecule has 39 heavy (non-hydrogen) atoms. The van der Waals surface area contributed by atoms with Gasteiger partial charge in [-0.2, -0.15) is 10.1 Å². The first-order valence-corrected chi connectivity index (χ1v) is 12.4. The number of nitrogens with zero attached hydrogens (tertiary/aromatic N) is 8. The van der Waals surface area contributed by atoms with E-state index in [9.17, 15) is 4.79 Å². The molecule has 12 heteroatoms. The van der Waals surface area contributed by atoms with Gasteiger partial charge < -0.3 is 19.9 Å². The van der Waals surface area contributed by atoms with Gasteiger partial charge in [-0.05, 0) is 43.7 Å². The highest BCUT2D eigenvalue weighted by Gasteiger charge is 2.29. The van der Waals surface area contributed by atoms with Crippen molar-refractivity contribution in [1.29, 1.82) is 0 Å². The second-order valence-electron chi connectivity index (χ2n) is 9.22. The molecular weight excluding hydrogens is 501 g/mol. The molecule has 0 unspecified atom stereocenters. The number of anilines is 3. The normalized spacial score (nSPS) is 15.2. The summed E-state index contributed by atoms with van der Waals surface area (Å²) in [6.45, 7) is 8.95. The number of rotatable bonds is 7. The van der Waals surface area contributed by atoms with Gasteiger partial charge in [0.25, 0.3) is 0 Å². The van der Waals surface area contributed by atoms with Crippen LogP contribution in [-0.4, -0.2) is 66.2 Å². The van der Waals surface area contributed by atoms with Gasteiger partial charge in [0, 0.05) is 62.6 Å². The molecule has 1 saturated heterocycles. The molecule has 1 fully saturated rings. The first-order chi connectivity index (χ1) is 18.8. The van der Waals surface area contributed by atoms with Crippen LogP contribution in [0.5, 0.6) is 11.8 Å². The van der Waals surface area contributed by atoms with Crippen molar-refractivity contribution in [2.45, 2.75) is 19.9 Å². The van der Waals surface area contributed by atoms with Crippen molar-refractivity contribution in [1.82, 2.24) is 34.6 Å². The topological polar surface area (TPSA) is 114 Å². The Bertz CT molecular complexity index is 1520. The second-order valence-corrected chi connectivity index (χ2v) is 9.22. The molecule has 11 nitrogen and oxygen atoms in total. The summed E-state index contributed by atoms with van der Waals surface area (Å²) in [6, 6.07) is 6.37. The summed E-state index contributed by atoms with van der Waals surface area (Å²) in [5.74, 6) is 0.307. The lowest BCUT2D eigenvalue weighted by Crippen LogP contribution is -2.54. The van der Waals surface area contributed by atoms with Crippen molar-refractivity contribution < 1.29 is 13.9 Å². The molecular formula is C27H28FN9O2. The summed E-state index contributed by atoms with van der Waals surface area (Å²) in [5, 5.41) is 7.33. The first kappa shape index (κ1) is 25.8. The van der Waals surface area contributed by atoms with Gasteiger partial charge in [-0.1, -0.05) is 12.6 Å². The van der Waals surface area contributed by atoms with Crippen molar-refractivity contribution in [3.63, 3.8) is 0 Å². The average Bonchev–Trinajstić information content (AvgIpc) is 3.33. The summed E-state index contributed by atoms with van der Waals surface area (Å²) >= 11 is 0. The van der Waals surface area contributed by atoms with Gasteiger partial charge in [0.15, 0.2) is 11.6 Å². The van der Waals surface area contributed by atoms with E-state index in [2.05, 4.69) is 36.8 Å². The van der Waals surface area contributed by atoms with Crippen LogP contribution in [0.2, 0.25) is 0 Å². The molecule has 1 amide bonds. The van der Waals surface area contributed by atoms with Crippen LogP contribution >= 0.6 is 0 Å². The lowest BCUT2D eigenvalue weighted by molar-refractivity contribution is -0.128. The lowest BCUT2D eigenvalue weighted by Gasteiger charge is -2.40. The smallest absolute Gasteiger partial charge is 0.322 e. The van der Waals surface area contributed by atoms with Crippen LogP contribution in [0.3, 0.4) is 0 Å². The molecule has 0 saturated carbocycles. The molecule has 4 heterocycles. The van der Waals surface area contributed by atoms with Crippen LogP contribution < -0.4 is 15.0 Å². The molecule has 0 radical (unpaired) electrons. The summed E-state index contributed by atoms with van der Waals surface area (Å²) in [6.07, 6.45) is 8.02. The van der Waals surface area contributed by atoms with Crippen LogP contribution in [0.4, 0.5) is 21.8 Å². The van der Waals surface area contributed by atoms with E-state index in [0.29, 0.717) is 48.2 Å². The predicted octanol–water partition coefficient (Wildman–Crippen LogP) is 3.87. The largest absolute Gasteiger partial charge is 0.421 e. The number of nitrogens with one attached hydrogen (secondary N) is 1. The zero-order valence-electron chi connectivity index (χ0n) is 21.9. The Labute approximate surface area is 225 Å². The summed E-state index contributed by atoms with van der Waals surface area (Å²) < 4.78 is 22.4. The molecule has 1 atom stereocenters. The highest BCUT2D eigenvalue weighted by atomic mass is 19.1. The van der Waals surface area contributed by atoms with Crippen LogP contribution in [0, 0.1) is 12.7 Å². The molecule has 0 spiro atoms. The van der Waals surface area contributed by atoms with E-state index in [-0.39, 0.29) is 23.7 Å². The van der Waals surface area contributed by atoms with Crippen molar-refractivity contribution >= 4 is 23.4 Å². The maximum Gasteiger partial charge on any atom is 0.322 e. The molecule has 1 aromatic carbocycles. The zero-order valence-corrected chi connectivity index (χ0v) is 21.9. The van der Waals surface area contributed by atoms with E-state index in [0.717, 1.165) is 5.69 Å². The fourth-order valence-corrected chi connectivity index (χ4v) is 4.41. The number of aromatic nitrogens is 6. The zero-order chi connectivity index (χ0) is 27.5. The Hall–Kier alpha value is -4.87. The van der Waals surface area contributed by atoms with Gasteiger partial charge in [-0.15, -0.1) is 0 Å². The number of amides is 1. The highest BCUT2D eigenvalue weighted by molar-refractivity contribution is 5.87. The van der Waals surface area contributed by atoms with Gasteiger partial charge >= 0.3 is 6.01 Å². The number of benzene rings is 1. The Morgan fingerprint density at radius 3 is 2.74 bits per heavy atom. The van der Waals surface area contributed by atoms with Crippen molar-refractivity contribution in [2.75, 3.05) is 29.9 Å². The third kappa shape index (κ3) is 5.69. The number of ether oxygens (including phenoxy) is 1. The standard InChI is InChI=1S/C27H28FN9O2/c1-5-24(38)37-11-10-36(15-18(37)3)25-21(14-30-26(34-25)33-20-13-31-35(4)16-20)19-6-7-23(22(28)12-19)39-27-29-9-8-17(2)32-27/h5-9,12-14,16,18H,1,10-11,15H2,2-4H3,(H,30,33,34)/t18-/m0/s1. The molecule has 1 N–H and O–H groups in total. The van der Waals surface area contributed by atoms with Crippen molar-refractivity contribution in [3.05, 3.63) is 73.2 Å². The Kier molecular flexibility index (Phi) is 7.17. The molecule has 1 aliphatic heterocycles. The van der Waals surface area contributed by atoms with Gasteiger partial charge in [0.05, 0.1) is 11.9 Å². The second kappa shape index (κ2) is 10.9. The molecule has 200 valence electrons. The Morgan fingerprint density at radius 1 is 1.21 bits per heavy atom. The van der Waals surface area contributed by atoms with E-state index in [1.807, 2.05) is 20.2 Å². The minimum atomic E-state index is -0.573. The van der Waals surface area contributed by atoms with Gasteiger partial charge in [0.1, 0.15) is 5.82 Å². The highest BCUT2D eigenvalue weighted by Crippen LogP contribution is 2.34. The maximum atomic E-state index is 15.2. The Balaban J connectivity index is 1.48. The van der Waals surface area contributed by atoms with Crippen molar-refractivity contribution in [3.8, 4) is 22.9 Å². The minimum Gasteiger partial charge on any atom is -0.421 e. The average molecular weight is 530 g/mol. The van der Waals surface area contributed by atoms with E-state index in [1.54, 1.807) is 47.2 Å². The number of piperazine rings is 1. The molecule has 1 aliphatic rings. The predicted molar refractivity (Wildman–Crippen MR) is 144 cm³/mol. The van der Waals surface area contributed by atoms with Crippen LogP contribution in [0.25, 0.3) is 11.1 Å². The van der Waals surface area contributed by atoms with Gasteiger partial charge in [0.2, 0.25) is 11.9 Å². The van der Waals surface area contributed by atoms with Gasteiger partial charge in [-0.25, -0.2) is 19.3 Å². The summed E-state index contributed by atoms with van der Waals surface area (Å²) in [5.41, 5.74) is 2.66. The SMILES string of the molecule is C=CC(=O)N1CCN(c2nc(Nc3cnn(C)c3)ncc2-c2ccc(Oc3nccc(C)n3)c(F)c2)C[C@@H]1C. The first-order valence-electron chi connectivity index (χ1n) is 12.4. The maximum absolute atomic E-state index is 15.2. The number of halogens is 1. The van der Waals surface area contributed by atoms with E-state index in [4.69, 9.17) is 9.72 Å². The fourth-order valence-electron chi connectivity index (χ4n) is 4.41.